The first kappa shape index (κ1) is 19.8. The average molecular weight is 438 g/mol. The number of esters is 1. The van der Waals surface area contributed by atoms with Gasteiger partial charge in [0.2, 0.25) is 6.79 Å². The summed E-state index contributed by atoms with van der Waals surface area (Å²) in [6, 6.07) is 8.81. The van der Waals surface area contributed by atoms with E-state index < -0.39 is 18.5 Å². The molecule has 0 saturated carbocycles. The van der Waals surface area contributed by atoms with Gasteiger partial charge in [0, 0.05) is 16.5 Å². The Morgan fingerprint density at radius 3 is 2.41 bits per heavy atom. The zero-order valence-electron chi connectivity index (χ0n) is 17.2. The first-order valence-electron chi connectivity index (χ1n) is 9.68. The van der Waals surface area contributed by atoms with E-state index in [2.05, 4.69) is 0 Å². The predicted octanol–water partition coefficient (Wildman–Crippen LogP) is 3.39. The van der Waals surface area contributed by atoms with Crippen molar-refractivity contribution in [2.75, 3.05) is 27.6 Å². The Hall–Kier alpha value is -4.14. The van der Waals surface area contributed by atoms with Gasteiger partial charge in [0.05, 0.1) is 19.8 Å². The molecule has 0 radical (unpaired) electrons. The van der Waals surface area contributed by atoms with E-state index in [4.69, 9.17) is 33.5 Å². The maximum absolute atomic E-state index is 12.8. The third-order valence-corrected chi connectivity index (χ3v) is 5.42. The number of hydrogen-bond acceptors (Lipinski definition) is 8. The zero-order valence-corrected chi connectivity index (χ0v) is 17.2. The highest BCUT2D eigenvalue weighted by molar-refractivity contribution is 6.14. The summed E-state index contributed by atoms with van der Waals surface area (Å²) in [6.45, 7) is -0.495. The molecule has 0 spiro atoms. The van der Waals surface area contributed by atoms with Crippen molar-refractivity contribution in [1.82, 2.24) is 0 Å². The molecule has 2 aliphatic heterocycles. The molecule has 0 bridgehead atoms. The lowest BCUT2D eigenvalue weighted by Crippen LogP contribution is -2.11. The van der Waals surface area contributed by atoms with Crippen molar-refractivity contribution in [2.45, 2.75) is 6.61 Å². The molecule has 0 unspecified atom stereocenters. The van der Waals surface area contributed by atoms with Crippen LogP contribution >= 0.6 is 0 Å². The number of carboxylic acids is 1. The van der Waals surface area contributed by atoms with Gasteiger partial charge in [0.15, 0.2) is 29.6 Å². The Morgan fingerprint density at radius 1 is 0.969 bits per heavy atom. The van der Waals surface area contributed by atoms with Crippen LogP contribution in [0.4, 0.5) is 0 Å². The molecule has 2 heterocycles. The molecule has 5 rings (SSSR count). The van der Waals surface area contributed by atoms with E-state index in [1.807, 2.05) is 6.07 Å². The van der Waals surface area contributed by atoms with Gasteiger partial charge < -0.3 is 33.5 Å². The molecule has 3 aromatic rings. The minimum atomic E-state index is -1.14. The quantitative estimate of drug-likeness (QED) is 0.579. The lowest BCUT2D eigenvalue weighted by atomic mass is 9.89. The van der Waals surface area contributed by atoms with E-state index in [0.29, 0.717) is 56.0 Å². The highest BCUT2D eigenvalue weighted by Gasteiger charge is 2.33. The summed E-state index contributed by atoms with van der Waals surface area (Å²) >= 11 is 0. The number of methoxy groups -OCH3 is 2. The van der Waals surface area contributed by atoms with Crippen LogP contribution in [-0.2, 0) is 16.1 Å². The number of carboxylic acid groups (broad SMARTS) is 1. The molecule has 164 valence electrons. The fourth-order valence-electron chi connectivity index (χ4n) is 4.06. The van der Waals surface area contributed by atoms with Crippen LogP contribution in [0.5, 0.6) is 28.7 Å². The SMILES string of the molecule is COc1cc2c(OCC(=O)O)c3c(c(-c4ccc5c(c4)OCO5)c2cc1OC)C(=O)OC3. The number of fused-ring (bicyclic) bond motifs is 3. The van der Waals surface area contributed by atoms with Crippen LogP contribution < -0.4 is 23.7 Å². The largest absolute Gasteiger partial charge is 0.493 e. The Labute approximate surface area is 182 Å². The summed E-state index contributed by atoms with van der Waals surface area (Å²) in [5.74, 6) is 0.635. The molecule has 9 heteroatoms. The second-order valence-electron chi connectivity index (χ2n) is 7.14. The minimum absolute atomic E-state index is 0.0368. The van der Waals surface area contributed by atoms with Crippen molar-refractivity contribution in [1.29, 1.82) is 0 Å². The summed E-state index contributed by atoms with van der Waals surface area (Å²) < 4.78 is 32.8. The van der Waals surface area contributed by atoms with E-state index in [9.17, 15) is 9.59 Å². The van der Waals surface area contributed by atoms with Crippen molar-refractivity contribution >= 4 is 22.7 Å². The van der Waals surface area contributed by atoms with Gasteiger partial charge in [-0.15, -0.1) is 0 Å². The monoisotopic (exact) mass is 438 g/mol. The van der Waals surface area contributed by atoms with Gasteiger partial charge in [0.25, 0.3) is 0 Å². The van der Waals surface area contributed by atoms with Crippen LogP contribution in [-0.4, -0.2) is 44.7 Å². The number of rotatable bonds is 6. The van der Waals surface area contributed by atoms with Crippen LogP contribution in [0.15, 0.2) is 30.3 Å². The lowest BCUT2D eigenvalue weighted by Gasteiger charge is -2.19. The van der Waals surface area contributed by atoms with Gasteiger partial charge in [-0.1, -0.05) is 6.07 Å². The molecule has 0 amide bonds. The molecule has 32 heavy (non-hydrogen) atoms. The summed E-state index contributed by atoms with van der Waals surface area (Å²) in [5.41, 5.74) is 2.08. The summed E-state index contributed by atoms with van der Waals surface area (Å²) in [7, 11) is 3.01. The molecule has 0 aliphatic carbocycles. The van der Waals surface area contributed by atoms with Crippen molar-refractivity contribution < 1.29 is 43.1 Å². The number of carbonyl (C=O) groups excluding carboxylic acids is 1. The normalized spacial score (nSPS) is 13.6. The molecule has 2 aliphatic rings. The van der Waals surface area contributed by atoms with Gasteiger partial charge >= 0.3 is 11.9 Å². The second-order valence-corrected chi connectivity index (χ2v) is 7.14. The standard InChI is InChI=1S/C23H18O9/c1-27-16-6-12-13(7-17(16)28-2)22(29-9-19(24)25)14-8-30-23(26)21(14)20(12)11-3-4-15-18(5-11)32-10-31-15/h3-7H,8-10H2,1-2H3,(H,24,25). The first-order valence-corrected chi connectivity index (χ1v) is 9.68. The van der Waals surface area contributed by atoms with Gasteiger partial charge in [-0.3, -0.25) is 0 Å². The van der Waals surface area contributed by atoms with E-state index in [1.165, 1.54) is 14.2 Å². The molecule has 0 aromatic heterocycles. The summed E-state index contributed by atoms with van der Waals surface area (Å²) in [5, 5.41) is 10.3. The molecule has 1 N–H and O–H groups in total. The van der Waals surface area contributed by atoms with Crippen LogP contribution in [0.1, 0.15) is 15.9 Å². The van der Waals surface area contributed by atoms with Crippen LogP contribution in [0.2, 0.25) is 0 Å². The van der Waals surface area contributed by atoms with Crippen molar-refractivity contribution in [3.05, 3.63) is 41.5 Å². The van der Waals surface area contributed by atoms with E-state index in [1.54, 1.807) is 24.3 Å². The molecular formula is C23H18O9. The number of aliphatic carboxylic acids is 1. The molecular weight excluding hydrogens is 420 g/mol. The predicted molar refractivity (Wildman–Crippen MR) is 111 cm³/mol. The van der Waals surface area contributed by atoms with Crippen LogP contribution in [0, 0.1) is 0 Å². The van der Waals surface area contributed by atoms with Gasteiger partial charge in [-0.25, -0.2) is 9.59 Å². The van der Waals surface area contributed by atoms with Crippen molar-refractivity contribution in [3.8, 4) is 39.9 Å². The number of hydrogen-bond donors (Lipinski definition) is 1. The van der Waals surface area contributed by atoms with Gasteiger partial charge in [-0.05, 0) is 35.2 Å². The van der Waals surface area contributed by atoms with Crippen LogP contribution in [0.25, 0.3) is 21.9 Å². The lowest BCUT2D eigenvalue weighted by molar-refractivity contribution is -0.139. The van der Waals surface area contributed by atoms with Crippen LogP contribution in [0.3, 0.4) is 0 Å². The Balaban J connectivity index is 1.87. The first-order chi connectivity index (χ1) is 15.5. The second kappa shape index (κ2) is 7.52. The topological polar surface area (TPSA) is 110 Å². The number of ether oxygens (including phenoxy) is 6. The zero-order chi connectivity index (χ0) is 22.4. The third-order valence-electron chi connectivity index (χ3n) is 5.42. The fourth-order valence-corrected chi connectivity index (χ4v) is 4.06. The highest BCUT2D eigenvalue weighted by atomic mass is 16.7. The summed E-state index contributed by atoms with van der Waals surface area (Å²) in [6.07, 6.45) is 0. The van der Waals surface area contributed by atoms with Crippen molar-refractivity contribution in [2.24, 2.45) is 0 Å². The Kier molecular flexibility index (Phi) is 4.66. The highest BCUT2D eigenvalue weighted by Crippen LogP contribution is 2.49. The average Bonchev–Trinajstić information content (AvgIpc) is 3.42. The molecule has 3 aromatic carbocycles. The molecule has 9 nitrogen and oxygen atoms in total. The minimum Gasteiger partial charge on any atom is -0.493 e. The van der Waals surface area contributed by atoms with E-state index >= 15 is 0 Å². The van der Waals surface area contributed by atoms with E-state index in [0.717, 1.165) is 0 Å². The number of benzene rings is 3. The Bertz CT molecular complexity index is 1280. The van der Waals surface area contributed by atoms with Gasteiger partial charge in [0.1, 0.15) is 12.4 Å². The molecule has 0 atom stereocenters. The molecule has 0 fully saturated rings. The maximum atomic E-state index is 12.8. The van der Waals surface area contributed by atoms with Gasteiger partial charge in [-0.2, -0.15) is 0 Å². The van der Waals surface area contributed by atoms with Crippen molar-refractivity contribution in [3.63, 3.8) is 0 Å². The number of carbonyl (C=O) groups is 2. The number of cyclic esters (lactones) is 1. The Morgan fingerprint density at radius 2 is 1.69 bits per heavy atom. The maximum Gasteiger partial charge on any atom is 0.341 e. The third kappa shape index (κ3) is 3.01. The fraction of sp³-hybridized carbons (Fsp3) is 0.217. The molecule has 0 saturated heterocycles. The smallest absolute Gasteiger partial charge is 0.341 e. The summed E-state index contributed by atoms with van der Waals surface area (Å²) in [4.78, 5) is 24.0. The van der Waals surface area contributed by atoms with E-state index in [-0.39, 0.29) is 19.1 Å².